The number of sulfonamides is 1. The van der Waals surface area contributed by atoms with Gasteiger partial charge < -0.3 is 0 Å². The monoisotopic (exact) mass is 417 g/mol. The highest BCUT2D eigenvalue weighted by Crippen LogP contribution is 2.42. The fourth-order valence-corrected chi connectivity index (χ4v) is 6.04. The predicted molar refractivity (Wildman–Crippen MR) is 82.5 cm³/mol. The molecule has 0 atom stereocenters. The van der Waals surface area contributed by atoms with Gasteiger partial charge in [-0.1, -0.05) is 35.3 Å². The standard InChI is InChI=1S/C11H7BrCl2FNO2S2/c12-8-9(11(14)19-10(8)13)20(17,18)16-5-6-2-1-3-7(15)4-6/h1-4,16H,5H2. The van der Waals surface area contributed by atoms with Crippen molar-refractivity contribution in [1.82, 2.24) is 4.72 Å². The van der Waals surface area contributed by atoms with Gasteiger partial charge in [0, 0.05) is 6.54 Å². The Labute approximate surface area is 137 Å². The Balaban J connectivity index is 2.24. The normalized spacial score (nSPS) is 11.8. The van der Waals surface area contributed by atoms with E-state index in [1.807, 2.05) is 0 Å². The number of nitrogens with one attached hydrogen (secondary N) is 1. The van der Waals surface area contributed by atoms with E-state index in [1.54, 1.807) is 6.07 Å². The van der Waals surface area contributed by atoms with E-state index in [2.05, 4.69) is 20.7 Å². The molecule has 9 heteroatoms. The second-order valence-electron chi connectivity index (χ2n) is 3.75. The van der Waals surface area contributed by atoms with Gasteiger partial charge in [0.1, 0.15) is 19.4 Å². The first-order valence-corrected chi connectivity index (χ1v) is 9.03. The van der Waals surface area contributed by atoms with Crippen molar-refractivity contribution in [3.05, 3.63) is 48.8 Å². The third-order valence-corrected chi connectivity index (χ3v) is 7.22. The molecule has 0 unspecified atom stereocenters. The molecule has 0 fully saturated rings. The lowest BCUT2D eigenvalue weighted by Crippen LogP contribution is -2.23. The Morgan fingerprint density at radius 1 is 1.30 bits per heavy atom. The van der Waals surface area contributed by atoms with Crippen LogP contribution in [0.5, 0.6) is 0 Å². The molecule has 2 aromatic rings. The molecule has 0 radical (unpaired) electrons. The summed E-state index contributed by atoms with van der Waals surface area (Å²) in [5.41, 5.74) is 0.502. The molecular formula is C11H7BrCl2FNO2S2. The zero-order chi connectivity index (χ0) is 14.9. The lowest BCUT2D eigenvalue weighted by atomic mass is 10.2. The number of benzene rings is 1. The van der Waals surface area contributed by atoms with Gasteiger partial charge >= 0.3 is 0 Å². The maximum absolute atomic E-state index is 13.0. The minimum Gasteiger partial charge on any atom is -0.207 e. The van der Waals surface area contributed by atoms with Gasteiger partial charge in [-0.15, -0.1) is 11.3 Å². The molecule has 1 aromatic heterocycles. The van der Waals surface area contributed by atoms with Gasteiger partial charge in [-0.3, -0.25) is 0 Å². The van der Waals surface area contributed by atoms with Crippen LogP contribution in [-0.2, 0) is 16.6 Å². The number of rotatable bonds is 4. The van der Waals surface area contributed by atoms with Crippen molar-refractivity contribution in [2.24, 2.45) is 0 Å². The largest absolute Gasteiger partial charge is 0.244 e. The first-order chi connectivity index (χ1) is 9.31. The maximum atomic E-state index is 13.0. The minimum atomic E-state index is -3.84. The van der Waals surface area contributed by atoms with Crippen LogP contribution in [0.4, 0.5) is 4.39 Å². The molecule has 0 aliphatic rings. The van der Waals surface area contributed by atoms with Gasteiger partial charge in [-0.25, -0.2) is 17.5 Å². The molecule has 1 aromatic carbocycles. The molecular weight excluding hydrogens is 412 g/mol. The van der Waals surface area contributed by atoms with E-state index in [4.69, 9.17) is 23.2 Å². The van der Waals surface area contributed by atoms with Crippen LogP contribution in [0.25, 0.3) is 0 Å². The summed E-state index contributed by atoms with van der Waals surface area (Å²) in [7, 11) is -3.84. The Morgan fingerprint density at radius 3 is 2.55 bits per heavy atom. The minimum absolute atomic E-state index is 0.0453. The molecule has 0 aliphatic carbocycles. The van der Waals surface area contributed by atoms with Crippen molar-refractivity contribution in [1.29, 1.82) is 0 Å². The third-order valence-electron chi connectivity index (χ3n) is 2.35. The first kappa shape index (κ1) is 16.2. The van der Waals surface area contributed by atoms with Gasteiger partial charge in [-0.05, 0) is 33.6 Å². The number of thiophene rings is 1. The van der Waals surface area contributed by atoms with Crippen LogP contribution in [0.2, 0.25) is 8.67 Å². The summed E-state index contributed by atoms with van der Waals surface area (Å²) in [6.45, 7) is -0.0453. The average molecular weight is 419 g/mol. The van der Waals surface area contributed by atoms with E-state index < -0.39 is 15.8 Å². The number of hydrogen-bond donors (Lipinski definition) is 1. The van der Waals surface area contributed by atoms with Crippen LogP contribution in [0, 0.1) is 5.82 Å². The van der Waals surface area contributed by atoms with Gasteiger partial charge in [0.15, 0.2) is 0 Å². The first-order valence-electron chi connectivity index (χ1n) is 5.18. The van der Waals surface area contributed by atoms with E-state index in [-0.39, 0.29) is 24.6 Å². The lowest BCUT2D eigenvalue weighted by molar-refractivity contribution is 0.580. The molecule has 1 N–H and O–H groups in total. The molecule has 0 amide bonds. The smallest absolute Gasteiger partial charge is 0.207 e. The highest BCUT2D eigenvalue weighted by Gasteiger charge is 2.25. The molecule has 0 spiro atoms. The zero-order valence-electron chi connectivity index (χ0n) is 9.66. The highest BCUT2D eigenvalue weighted by molar-refractivity contribution is 9.10. The summed E-state index contributed by atoms with van der Waals surface area (Å²) in [5.74, 6) is -0.431. The lowest BCUT2D eigenvalue weighted by Gasteiger charge is -2.07. The van der Waals surface area contributed by atoms with Crippen LogP contribution in [0.15, 0.2) is 33.6 Å². The molecule has 2 rings (SSSR count). The van der Waals surface area contributed by atoms with Crippen LogP contribution in [-0.4, -0.2) is 8.42 Å². The van der Waals surface area contributed by atoms with Crippen LogP contribution < -0.4 is 4.72 Å². The van der Waals surface area contributed by atoms with Crippen LogP contribution in [0.1, 0.15) is 5.56 Å². The summed E-state index contributed by atoms with van der Waals surface area (Å²) in [6, 6.07) is 5.65. The molecule has 0 aliphatic heterocycles. The highest BCUT2D eigenvalue weighted by atomic mass is 79.9. The maximum Gasteiger partial charge on any atom is 0.244 e. The van der Waals surface area contributed by atoms with E-state index in [9.17, 15) is 12.8 Å². The van der Waals surface area contributed by atoms with E-state index in [1.165, 1.54) is 18.2 Å². The SMILES string of the molecule is O=S(=O)(NCc1cccc(F)c1)c1c(Cl)sc(Cl)c1Br. The summed E-state index contributed by atoms with van der Waals surface area (Å²) >= 11 is 15.7. The van der Waals surface area contributed by atoms with Crippen molar-refractivity contribution < 1.29 is 12.8 Å². The molecule has 20 heavy (non-hydrogen) atoms. The number of hydrogen-bond acceptors (Lipinski definition) is 3. The van der Waals surface area contributed by atoms with Crippen LogP contribution in [0.3, 0.4) is 0 Å². The summed E-state index contributed by atoms with van der Waals surface area (Å²) in [5, 5.41) is 0. The Kier molecular flexibility index (Phi) is 5.09. The second-order valence-corrected chi connectivity index (χ2v) is 8.47. The van der Waals surface area contributed by atoms with Crippen molar-refractivity contribution in [3.63, 3.8) is 0 Å². The zero-order valence-corrected chi connectivity index (χ0v) is 14.4. The van der Waals surface area contributed by atoms with E-state index in [0.29, 0.717) is 5.56 Å². The van der Waals surface area contributed by atoms with Crippen LogP contribution >= 0.6 is 50.5 Å². The predicted octanol–water partition coefficient (Wildman–Crippen LogP) is 4.44. The average Bonchev–Trinajstić information content (AvgIpc) is 2.61. The van der Waals surface area contributed by atoms with Gasteiger partial charge in [0.2, 0.25) is 10.0 Å². The Hall–Kier alpha value is -0.180. The fraction of sp³-hybridized carbons (Fsp3) is 0.0909. The Morgan fingerprint density at radius 2 is 2.00 bits per heavy atom. The molecule has 0 bridgehead atoms. The Bertz CT molecular complexity index is 749. The molecule has 3 nitrogen and oxygen atoms in total. The topological polar surface area (TPSA) is 46.2 Å². The second kappa shape index (κ2) is 6.29. The van der Waals surface area contributed by atoms with Gasteiger partial charge in [0.05, 0.1) is 4.47 Å². The van der Waals surface area contributed by atoms with E-state index in [0.717, 1.165) is 11.3 Å². The van der Waals surface area contributed by atoms with Gasteiger partial charge in [-0.2, -0.15) is 0 Å². The van der Waals surface area contributed by atoms with Crippen molar-refractivity contribution in [3.8, 4) is 0 Å². The van der Waals surface area contributed by atoms with Crippen molar-refractivity contribution in [2.45, 2.75) is 11.4 Å². The van der Waals surface area contributed by atoms with Crippen molar-refractivity contribution >= 4 is 60.5 Å². The molecule has 1 heterocycles. The van der Waals surface area contributed by atoms with Gasteiger partial charge in [0.25, 0.3) is 0 Å². The summed E-state index contributed by atoms with van der Waals surface area (Å²) in [4.78, 5) is -0.106. The molecule has 108 valence electrons. The molecule has 0 saturated heterocycles. The van der Waals surface area contributed by atoms with E-state index >= 15 is 0 Å². The quantitative estimate of drug-likeness (QED) is 0.797. The van der Waals surface area contributed by atoms with Crippen molar-refractivity contribution in [2.75, 3.05) is 0 Å². The summed E-state index contributed by atoms with van der Waals surface area (Å²) in [6.07, 6.45) is 0. The summed E-state index contributed by atoms with van der Waals surface area (Å²) < 4.78 is 40.3. The molecule has 0 saturated carbocycles. The fourth-order valence-electron chi connectivity index (χ4n) is 1.47. The third kappa shape index (κ3) is 3.52. The number of halogens is 4.